The Morgan fingerprint density at radius 3 is 2.37 bits per heavy atom. The minimum absolute atomic E-state index is 0.158. The third kappa shape index (κ3) is 3.93. The molecule has 30 heavy (non-hydrogen) atoms. The van der Waals surface area contributed by atoms with Gasteiger partial charge in [-0.15, -0.1) is 0 Å². The summed E-state index contributed by atoms with van der Waals surface area (Å²) in [6.07, 6.45) is 1.11. The van der Waals surface area contributed by atoms with Crippen LogP contribution in [0.3, 0.4) is 0 Å². The van der Waals surface area contributed by atoms with Crippen LogP contribution in [0.4, 0.5) is 0 Å². The molecule has 2 saturated heterocycles. The van der Waals surface area contributed by atoms with Crippen molar-refractivity contribution >= 4 is 45.3 Å². The van der Waals surface area contributed by atoms with Crippen LogP contribution in [-0.4, -0.2) is 65.5 Å². The Kier molecular flexibility index (Phi) is 5.78. The highest BCUT2D eigenvalue weighted by Crippen LogP contribution is 2.32. The van der Waals surface area contributed by atoms with Crippen LogP contribution in [-0.2, 0) is 19.6 Å². The number of thiol groups is 1. The van der Waals surface area contributed by atoms with Crippen LogP contribution < -0.4 is 0 Å². The van der Waals surface area contributed by atoms with Gasteiger partial charge in [0.1, 0.15) is 6.04 Å². The van der Waals surface area contributed by atoms with Crippen LogP contribution in [0.5, 0.6) is 0 Å². The molecule has 2 unspecified atom stereocenters. The first-order chi connectivity index (χ1) is 14.3. The molecule has 0 spiro atoms. The van der Waals surface area contributed by atoms with Gasteiger partial charge in [-0.3, -0.25) is 9.59 Å². The van der Waals surface area contributed by atoms with Gasteiger partial charge in [-0.05, 0) is 42.2 Å². The topological polar surface area (TPSA) is 95.0 Å². The van der Waals surface area contributed by atoms with Gasteiger partial charge in [0.05, 0.1) is 10.8 Å². The second-order valence-corrected chi connectivity index (χ2v) is 10.5. The van der Waals surface area contributed by atoms with E-state index in [0.29, 0.717) is 32.4 Å². The second-order valence-electron chi connectivity index (χ2n) is 7.93. The number of nitrogens with zero attached hydrogens (tertiary/aromatic N) is 2. The first-order valence-corrected chi connectivity index (χ1v) is 11.9. The van der Waals surface area contributed by atoms with Gasteiger partial charge in [0.25, 0.3) is 0 Å². The summed E-state index contributed by atoms with van der Waals surface area (Å²) in [7, 11) is -3.88. The molecule has 1 N–H and O–H groups in total. The molecule has 2 atom stereocenters. The molecule has 2 fully saturated rings. The Labute approximate surface area is 181 Å². The summed E-state index contributed by atoms with van der Waals surface area (Å²) in [6, 6.07) is 11.7. The second kappa shape index (κ2) is 8.20. The number of hydrogen-bond donors (Lipinski definition) is 2. The highest BCUT2D eigenvalue weighted by Gasteiger charge is 2.45. The highest BCUT2D eigenvalue weighted by molar-refractivity contribution is 7.89. The Hall–Kier alpha value is -2.10. The quantitative estimate of drug-likeness (QED) is 0.700. The number of rotatable bonds is 4. The average molecular weight is 449 g/mol. The molecule has 0 saturated carbocycles. The van der Waals surface area contributed by atoms with Crippen molar-refractivity contribution in [1.29, 1.82) is 0 Å². The molecule has 9 heteroatoms. The number of likely N-dealkylation sites (tertiary alicyclic amines) is 1. The van der Waals surface area contributed by atoms with E-state index in [2.05, 4.69) is 12.6 Å². The standard InChI is InChI=1S/C21H24N2O5S2/c24-20(22-9-7-15(8-10-22)21(25)26)19-12-17(29)13-23(19)30(27,28)18-6-5-14-3-1-2-4-16(14)11-18/h1-6,11,15,17,19,29H,7-10,12-13H2,(H,25,26). The molecule has 2 aliphatic heterocycles. The number of carboxylic acid groups (broad SMARTS) is 1. The summed E-state index contributed by atoms with van der Waals surface area (Å²) < 4.78 is 28.1. The number of carbonyl (C=O) groups is 2. The Morgan fingerprint density at radius 2 is 1.70 bits per heavy atom. The fraction of sp³-hybridized carbons (Fsp3) is 0.429. The molecule has 4 rings (SSSR count). The van der Waals surface area contributed by atoms with E-state index >= 15 is 0 Å². The fourth-order valence-electron chi connectivity index (χ4n) is 4.30. The van der Waals surface area contributed by atoms with E-state index in [0.717, 1.165) is 10.8 Å². The zero-order valence-electron chi connectivity index (χ0n) is 16.3. The minimum atomic E-state index is -3.88. The van der Waals surface area contributed by atoms with Crippen LogP contribution >= 0.6 is 12.6 Å². The van der Waals surface area contributed by atoms with Gasteiger partial charge in [0, 0.05) is 24.9 Å². The van der Waals surface area contributed by atoms with Crippen LogP contribution in [0.15, 0.2) is 47.4 Å². The van der Waals surface area contributed by atoms with Crippen molar-refractivity contribution < 1.29 is 23.1 Å². The van der Waals surface area contributed by atoms with Gasteiger partial charge in [0.2, 0.25) is 15.9 Å². The Bertz CT molecular complexity index is 1080. The number of benzene rings is 2. The van der Waals surface area contributed by atoms with E-state index in [1.54, 1.807) is 23.1 Å². The number of aliphatic carboxylic acids is 1. The molecular weight excluding hydrogens is 424 g/mol. The van der Waals surface area contributed by atoms with Gasteiger partial charge in [-0.1, -0.05) is 30.3 Å². The molecule has 2 heterocycles. The first kappa shape index (κ1) is 21.1. The maximum absolute atomic E-state index is 13.4. The zero-order valence-corrected chi connectivity index (χ0v) is 18.1. The lowest BCUT2D eigenvalue weighted by molar-refractivity contribution is -0.146. The fourth-order valence-corrected chi connectivity index (χ4v) is 6.46. The normalized spacial score (nSPS) is 23.7. The summed E-state index contributed by atoms with van der Waals surface area (Å²) in [4.78, 5) is 26.1. The van der Waals surface area contributed by atoms with Gasteiger partial charge < -0.3 is 10.0 Å². The predicted octanol–water partition coefficient (Wildman–Crippen LogP) is 2.22. The first-order valence-electron chi connectivity index (χ1n) is 9.97. The lowest BCUT2D eigenvalue weighted by atomic mass is 9.96. The average Bonchev–Trinajstić information content (AvgIpc) is 3.15. The number of hydrogen-bond acceptors (Lipinski definition) is 5. The van der Waals surface area contributed by atoms with Crippen LogP contribution in [0.1, 0.15) is 19.3 Å². The number of fused-ring (bicyclic) bond motifs is 1. The molecule has 2 aliphatic rings. The van der Waals surface area contributed by atoms with E-state index in [9.17, 15) is 18.0 Å². The molecule has 0 aromatic heterocycles. The number of piperidine rings is 1. The van der Waals surface area contributed by atoms with Crippen molar-refractivity contribution in [2.24, 2.45) is 5.92 Å². The molecule has 2 aromatic carbocycles. The third-order valence-corrected chi connectivity index (χ3v) is 8.25. The number of carboxylic acids is 1. The van der Waals surface area contributed by atoms with Crippen LogP contribution in [0.25, 0.3) is 10.8 Å². The minimum Gasteiger partial charge on any atom is -0.481 e. The van der Waals surface area contributed by atoms with Gasteiger partial charge in [-0.2, -0.15) is 16.9 Å². The molecule has 0 aliphatic carbocycles. The predicted molar refractivity (Wildman–Crippen MR) is 116 cm³/mol. The lowest BCUT2D eigenvalue weighted by Gasteiger charge is -2.34. The maximum Gasteiger partial charge on any atom is 0.306 e. The largest absolute Gasteiger partial charge is 0.481 e. The van der Waals surface area contributed by atoms with Gasteiger partial charge >= 0.3 is 5.97 Å². The van der Waals surface area contributed by atoms with Crippen LogP contribution in [0.2, 0.25) is 0 Å². The lowest BCUT2D eigenvalue weighted by Crippen LogP contribution is -2.50. The van der Waals surface area contributed by atoms with Crippen molar-refractivity contribution in [3.05, 3.63) is 42.5 Å². The van der Waals surface area contributed by atoms with Crippen molar-refractivity contribution in [2.45, 2.75) is 35.4 Å². The third-order valence-electron chi connectivity index (χ3n) is 6.00. The summed E-state index contributed by atoms with van der Waals surface area (Å²) >= 11 is 4.46. The van der Waals surface area contributed by atoms with E-state index < -0.39 is 28.0 Å². The molecular formula is C21H24N2O5S2. The van der Waals surface area contributed by atoms with E-state index in [1.165, 1.54) is 4.31 Å². The molecule has 0 bridgehead atoms. The molecule has 7 nitrogen and oxygen atoms in total. The highest BCUT2D eigenvalue weighted by atomic mass is 32.2. The molecule has 160 valence electrons. The van der Waals surface area contributed by atoms with Crippen molar-refractivity contribution in [2.75, 3.05) is 19.6 Å². The summed E-state index contributed by atoms with van der Waals surface area (Å²) in [6.45, 7) is 0.821. The van der Waals surface area contributed by atoms with E-state index in [1.807, 2.05) is 24.3 Å². The SMILES string of the molecule is O=C(O)C1CCN(C(=O)C2CC(S)CN2S(=O)(=O)c2ccc3ccccc3c2)CC1. The zero-order chi connectivity index (χ0) is 21.5. The summed E-state index contributed by atoms with van der Waals surface area (Å²) in [5.74, 6) is -1.56. The number of sulfonamides is 1. The van der Waals surface area contributed by atoms with Gasteiger partial charge in [0.15, 0.2) is 0 Å². The van der Waals surface area contributed by atoms with Crippen molar-refractivity contribution in [3.8, 4) is 0 Å². The van der Waals surface area contributed by atoms with Gasteiger partial charge in [-0.25, -0.2) is 8.42 Å². The smallest absolute Gasteiger partial charge is 0.306 e. The number of carbonyl (C=O) groups excluding carboxylic acids is 1. The molecule has 2 aromatic rings. The van der Waals surface area contributed by atoms with E-state index in [4.69, 9.17) is 5.11 Å². The Morgan fingerprint density at radius 1 is 1.03 bits per heavy atom. The molecule has 0 radical (unpaired) electrons. The van der Waals surface area contributed by atoms with Crippen molar-refractivity contribution in [1.82, 2.24) is 9.21 Å². The number of amides is 1. The monoisotopic (exact) mass is 448 g/mol. The summed E-state index contributed by atoms with van der Waals surface area (Å²) in [5, 5.41) is 10.7. The van der Waals surface area contributed by atoms with E-state index in [-0.39, 0.29) is 22.6 Å². The Balaban J connectivity index is 1.58. The van der Waals surface area contributed by atoms with Crippen LogP contribution in [0, 0.1) is 5.92 Å². The maximum atomic E-state index is 13.4. The summed E-state index contributed by atoms with van der Waals surface area (Å²) in [5.41, 5.74) is 0. The van der Waals surface area contributed by atoms with Crippen molar-refractivity contribution in [3.63, 3.8) is 0 Å². The molecule has 1 amide bonds.